The molecule has 1 aliphatic rings. The van der Waals surface area contributed by atoms with Crippen LogP contribution >= 0.6 is 0 Å². The Kier molecular flexibility index (Phi) is 6.70. The van der Waals surface area contributed by atoms with E-state index in [-0.39, 0.29) is 57.4 Å². The number of carbonyl (C=O) groups excluding carboxylic acids is 1. The lowest BCUT2D eigenvalue weighted by Gasteiger charge is -2.11. The van der Waals surface area contributed by atoms with Crippen LogP contribution < -0.4 is 14.8 Å². The summed E-state index contributed by atoms with van der Waals surface area (Å²) in [5.74, 6) is -1.58. The molecule has 0 saturated heterocycles. The SMILES string of the molecule is CCS(=O)(=O)c1ccc(CNC(=O)c2ccc3c(c2)nc(C(F)F)n3Cc2cccc3c2OC(F)(F)O3)cc1. The number of para-hydroxylation sites is 1. The van der Waals surface area contributed by atoms with Gasteiger partial charge in [0.25, 0.3) is 12.3 Å². The number of ether oxygens (including phenoxy) is 2. The number of carbonyl (C=O) groups is 1. The van der Waals surface area contributed by atoms with Crippen LogP contribution in [0.4, 0.5) is 17.6 Å². The van der Waals surface area contributed by atoms with Crippen LogP contribution in [0, 0.1) is 0 Å². The number of benzene rings is 3. The zero-order chi connectivity index (χ0) is 27.9. The quantitative estimate of drug-likeness (QED) is 0.301. The van der Waals surface area contributed by atoms with Crippen molar-refractivity contribution in [1.82, 2.24) is 14.9 Å². The number of hydrogen-bond donors (Lipinski definition) is 1. The average molecular weight is 564 g/mol. The van der Waals surface area contributed by atoms with E-state index in [1.54, 1.807) is 19.1 Å². The van der Waals surface area contributed by atoms with Crippen molar-refractivity contribution in [2.24, 2.45) is 0 Å². The van der Waals surface area contributed by atoms with E-state index in [1.807, 2.05) is 0 Å². The third-order valence-corrected chi connectivity index (χ3v) is 7.94. The van der Waals surface area contributed by atoms with E-state index in [0.29, 0.717) is 5.56 Å². The monoisotopic (exact) mass is 563 g/mol. The number of fused-ring (bicyclic) bond motifs is 2. The first kappa shape index (κ1) is 26.5. The first-order valence-corrected chi connectivity index (χ1v) is 13.4. The number of nitrogens with zero attached hydrogens (tertiary/aromatic N) is 2. The number of imidazole rings is 1. The zero-order valence-electron chi connectivity index (χ0n) is 20.3. The number of aromatic nitrogens is 2. The van der Waals surface area contributed by atoms with Crippen molar-refractivity contribution in [2.45, 2.75) is 37.6 Å². The molecule has 1 N–H and O–H groups in total. The van der Waals surface area contributed by atoms with Crippen molar-refractivity contribution in [3.8, 4) is 11.5 Å². The van der Waals surface area contributed by atoms with E-state index >= 15 is 0 Å². The van der Waals surface area contributed by atoms with Crippen LogP contribution in [0.1, 0.15) is 40.7 Å². The molecule has 0 atom stereocenters. The van der Waals surface area contributed by atoms with Crippen LogP contribution in [0.3, 0.4) is 0 Å². The molecule has 1 aromatic heterocycles. The van der Waals surface area contributed by atoms with Crippen molar-refractivity contribution in [3.63, 3.8) is 0 Å². The predicted molar refractivity (Wildman–Crippen MR) is 132 cm³/mol. The van der Waals surface area contributed by atoms with Gasteiger partial charge in [0.05, 0.1) is 28.2 Å². The summed E-state index contributed by atoms with van der Waals surface area (Å²) in [5.41, 5.74) is 1.39. The Bertz CT molecular complexity index is 1670. The van der Waals surface area contributed by atoms with Gasteiger partial charge in [0.2, 0.25) is 0 Å². The molecule has 0 bridgehead atoms. The number of hydrogen-bond acceptors (Lipinski definition) is 6. The summed E-state index contributed by atoms with van der Waals surface area (Å²) >= 11 is 0. The van der Waals surface area contributed by atoms with E-state index in [4.69, 9.17) is 0 Å². The maximum Gasteiger partial charge on any atom is 0.586 e. The van der Waals surface area contributed by atoms with Crippen LogP contribution in [0.15, 0.2) is 65.6 Å². The lowest BCUT2D eigenvalue weighted by molar-refractivity contribution is -0.287. The molecule has 0 radical (unpaired) electrons. The van der Waals surface area contributed by atoms with Gasteiger partial charge in [-0.15, -0.1) is 8.78 Å². The normalized spacial score (nSPS) is 14.2. The molecular weight excluding hydrogens is 542 g/mol. The fourth-order valence-corrected chi connectivity index (χ4v) is 5.09. The van der Waals surface area contributed by atoms with Crippen molar-refractivity contribution < 1.29 is 40.2 Å². The lowest BCUT2D eigenvalue weighted by Crippen LogP contribution is -2.26. The Morgan fingerprint density at radius 3 is 2.51 bits per heavy atom. The van der Waals surface area contributed by atoms with Gasteiger partial charge in [0.15, 0.2) is 27.2 Å². The fourth-order valence-electron chi connectivity index (χ4n) is 4.21. The summed E-state index contributed by atoms with van der Waals surface area (Å²) in [5, 5.41) is 2.70. The number of rotatable bonds is 8. The first-order valence-electron chi connectivity index (χ1n) is 11.7. The van der Waals surface area contributed by atoms with E-state index < -0.39 is 34.3 Å². The maximum absolute atomic E-state index is 13.9. The second kappa shape index (κ2) is 9.88. The summed E-state index contributed by atoms with van der Waals surface area (Å²) in [7, 11) is -3.34. The predicted octanol–water partition coefficient (Wildman–Crippen LogP) is 5.07. The Morgan fingerprint density at radius 1 is 1.08 bits per heavy atom. The molecule has 2 heterocycles. The van der Waals surface area contributed by atoms with Crippen LogP contribution in [0.2, 0.25) is 0 Å². The molecule has 0 fully saturated rings. The molecule has 0 aliphatic carbocycles. The van der Waals surface area contributed by atoms with E-state index in [2.05, 4.69) is 19.8 Å². The van der Waals surface area contributed by atoms with Crippen LogP contribution in [0.25, 0.3) is 11.0 Å². The second-order valence-electron chi connectivity index (χ2n) is 8.70. The van der Waals surface area contributed by atoms with Crippen LogP contribution in [0.5, 0.6) is 11.5 Å². The lowest BCUT2D eigenvalue weighted by atomic mass is 10.1. The largest absolute Gasteiger partial charge is 0.586 e. The van der Waals surface area contributed by atoms with Gasteiger partial charge in [-0.3, -0.25) is 4.79 Å². The molecule has 13 heteroatoms. The van der Waals surface area contributed by atoms with Gasteiger partial charge in [-0.2, -0.15) is 0 Å². The molecular formula is C26H21F4N3O5S. The van der Waals surface area contributed by atoms with Gasteiger partial charge in [-0.25, -0.2) is 22.2 Å². The minimum atomic E-state index is -3.86. The zero-order valence-corrected chi connectivity index (χ0v) is 21.1. The van der Waals surface area contributed by atoms with E-state index in [0.717, 1.165) is 0 Å². The van der Waals surface area contributed by atoms with Gasteiger partial charge in [0, 0.05) is 17.7 Å². The Labute approximate surface area is 220 Å². The van der Waals surface area contributed by atoms with Crippen molar-refractivity contribution >= 4 is 26.8 Å². The summed E-state index contributed by atoms with van der Waals surface area (Å²) in [6.45, 7) is 1.39. The molecule has 39 heavy (non-hydrogen) atoms. The molecule has 5 rings (SSSR count). The van der Waals surface area contributed by atoms with Gasteiger partial charge < -0.3 is 19.4 Å². The molecule has 3 aromatic carbocycles. The molecule has 1 aliphatic heterocycles. The number of amides is 1. The Hall–Kier alpha value is -4.13. The molecule has 1 amide bonds. The van der Waals surface area contributed by atoms with Gasteiger partial charge >= 0.3 is 6.29 Å². The summed E-state index contributed by atoms with van der Waals surface area (Å²) in [6, 6.07) is 14.5. The minimum absolute atomic E-state index is 0.0275. The third kappa shape index (κ3) is 5.26. The summed E-state index contributed by atoms with van der Waals surface area (Å²) in [6.07, 6.45) is -6.84. The molecule has 204 valence electrons. The highest BCUT2D eigenvalue weighted by Gasteiger charge is 2.44. The highest BCUT2D eigenvalue weighted by atomic mass is 32.2. The minimum Gasteiger partial charge on any atom is -0.395 e. The van der Waals surface area contributed by atoms with Gasteiger partial charge in [-0.1, -0.05) is 31.2 Å². The summed E-state index contributed by atoms with van der Waals surface area (Å²) < 4.78 is 89.0. The molecule has 0 spiro atoms. The standard InChI is InChI=1S/C26H21F4N3O5S/c1-2-39(35,36)18-9-6-15(7-10-18)13-31-25(34)16-8-11-20-19(12-16)32-24(23(27)28)33(20)14-17-4-3-5-21-22(17)38-26(29,30)37-21/h3-12,23H,2,13-14H2,1H3,(H,31,34). The molecule has 0 unspecified atom stereocenters. The summed E-state index contributed by atoms with van der Waals surface area (Å²) in [4.78, 5) is 16.9. The van der Waals surface area contributed by atoms with Crippen LogP contribution in [-0.4, -0.2) is 35.9 Å². The highest BCUT2D eigenvalue weighted by Crippen LogP contribution is 2.44. The molecule has 4 aromatic rings. The molecule has 8 nitrogen and oxygen atoms in total. The topological polar surface area (TPSA) is 99.5 Å². The third-order valence-electron chi connectivity index (χ3n) is 6.19. The highest BCUT2D eigenvalue weighted by molar-refractivity contribution is 7.91. The number of sulfone groups is 1. The fraction of sp³-hybridized carbons (Fsp3) is 0.231. The smallest absolute Gasteiger partial charge is 0.395 e. The maximum atomic E-state index is 13.9. The first-order chi connectivity index (χ1) is 18.5. The Balaban J connectivity index is 1.37. The number of nitrogens with one attached hydrogen (secondary N) is 1. The van der Waals surface area contributed by atoms with E-state index in [1.165, 1.54) is 53.1 Å². The Morgan fingerprint density at radius 2 is 1.82 bits per heavy atom. The number of halogens is 4. The number of alkyl halides is 4. The van der Waals surface area contributed by atoms with E-state index in [9.17, 15) is 30.8 Å². The van der Waals surface area contributed by atoms with Gasteiger partial charge in [0.1, 0.15) is 0 Å². The van der Waals surface area contributed by atoms with Gasteiger partial charge in [-0.05, 0) is 42.0 Å². The average Bonchev–Trinajstić information content (AvgIpc) is 3.43. The molecule has 0 saturated carbocycles. The van der Waals surface area contributed by atoms with Crippen molar-refractivity contribution in [2.75, 3.05) is 5.75 Å². The van der Waals surface area contributed by atoms with Crippen molar-refractivity contribution in [1.29, 1.82) is 0 Å². The second-order valence-corrected chi connectivity index (χ2v) is 11.0. The van der Waals surface area contributed by atoms with Crippen molar-refractivity contribution in [3.05, 3.63) is 83.2 Å². The van der Waals surface area contributed by atoms with Crippen LogP contribution in [-0.2, 0) is 22.9 Å².